The van der Waals surface area contributed by atoms with Gasteiger partial charge in [0.15, 0.2) is 5.11 Å². The van der Waals surface area contributed by atoms with Crippen LogP contribution in [-0.2, 0) is 9.59 Å². The molecule has 1 fully saturated rings. The number of thiocarbonyl (C=S) groups is 1. The molecule has 0 aromatic heterocycles. The van der Waals surface area contributed by atoms with Crippen LogP contribution in [0, 0.1) is 10.1 Å². The number of phenolic OH excluding ortho intramolecular Hbond substituents is 1. The fraction of sp³-hybridized carbons (Fsp3) is 0.0556. The van der Waals surface area contributed by atoms with E-state index in [9.17, 15) is 24.8 Å². The van der Waals surface area contributed by atoms with Crippen molar-refractivity contribution < 1.29 is 24.4 Å². The molecule has 1 aliphatic heterocycles. The van der Waals surface area contributed by atoms with E-state index in [0.717, 1.165) is 17.0 Å². The van der Waals surface area contributed by atoms with Crippen LogP contribution in [0.3, 0.4) is 0 Å². The minimum absolute atomic E-state index is 0.0649. The molecule has 0 saturated carbocycles. The number of anilines is 1. The zero-order valence-corrected chi connectivity index (χ0v) is 16.3. The molecule has 0 aliphatic carbocycles. The summed E-state index contributed by atoms with van der Waals surface area (Å²) in [5.74, 6) is -2.23. The summed E-state index contributed by atoms with van der Waals surface area (Å²) in [6, 6.07) is 8.45. The molecule has 9 nitrogen and oxygen atoms in total. The molecule has 0 atom stereocenters. The van der Waals surface area contributed by atoms with E-state index in [4.69, 9.17) is 28.6 Å². The summed E-state index contributed by atoms with van der Waals surface area (Å²) in [6.07, 6.45) is 1.03. The Morgan fingerprint density at radius 1 is 1.28 bits per heavy atom. The average molecular weight is 434 g/mol. The number of halogens is 1. The molecule has 1 saturated heterocycles. The highest BCUT2D eigenvalue weighted by molar-refractivity contribution is 7.80. The third-order valence-electron chi connectivity index (χ3n) is 4.01. The van der Waals surface area contributed by atoms with Gasteiger partial charge in [-0.3, -0.25) is 29.9 Å². The second-order valence-corrected chi connectivity index (χ2v) is 6.60. The van der Waals surface area contributed by atoms with Gasteiger partial charge in [0.1, 0.15) is 11.3 Å². The minimum atomic E-state index is -0.810. The lowest BCUT2D eigenvalue weighted by Crippen LogP contribution is -2.54. The number of hydrogen-bond acceptors (Lipinski definition) is 7. The first kappa shape index (κ1) is 20.2. The van der Waals surface area contributed by atoms with Crippen molar-refractivity contribution in [3.63, 3.8) is 0 Å². The van der Waals surface area contributed by atoms with E-state index in [-0.39, 0.29) is 22.0 Å². The number of benzene rings is 2. The topological polar surface area (TPSA) is 122 Å². The lowest BCUT2D eigenvalue weighted by molar-refractivity contribution is -0.385. The SMILES string of the molecule is COc1cc(C=C2C(=O)NC(=S)N(c3ccc(Cl)cc3)C2=O)c(O)c([N+](=O)[O-])c1. The zero-order chi connectivity index (χ0) is 21.3. The Hall–Kier alpha value is -3.50. The van der Waals surface area contributed by atoms with E-state index in [2.05, 4.69) is 5.32 Å². The fourth-order valence-corrected chi connectivity index (χ4v) is 3.03. The van der Waals surface area contributed by atoms with Gasteiger partial charge in [-0.1, -0.05) is 11.6 Å². The summed E-state index contributed by atoms with van der Waals surface area (Å²) >= 11 is 10.9. The number of carbonyl (C=O) groups is 2. The predicted molar refractivity (Wildman–Crippen MR) is 109 cm³/mol. The van der Waals surface area contributed by atoms with Crippen LogP contribution in [0.15, 0.2) is 42.0 Å². The van der Waals surface area contributed by atoms with Crippen molar-refractivity contribution in [1.29, 1.82) is 0 Å². The number of hydrogen-bond donors (Lipinski definition) is 2. The normalized spacial score (nSPS) is 15.4. The highest BCUT2D eigenvalue weighted by atomic mass is 35.5. The van der Waals surface area contributed by atoms with Crippen molar-refractivity contribution >= 4 is 58.2 Å². The fourth-order valence-electron chi connectivity index (χ4n) is 2.62. The third kappa shape index (κ3) is 3.89. The predicted octanol–water partition coefficient (Wildman–Crippen LogP) is 2.79. The molecule has 148 valence electrons. The van der Waals surface area contributed by atoms with Gasteiger partial charge in [-0.25, -0.2) is 0 Å². The van der Waals surface area contributed by atoms with Gasteiger partial charge in [-0.05, 0) is 48.6 Å². The zero-order valence-electron chi connectivity index (χ0n) is 14.7. The first-order chi connectivity index (χ1) is 13.7. The van der Waals surface area contributed by atoms with Crippen LogP contribution in [0.1, 0.15) is 5.56 Å². The molecule has 0 radical (unpaired) electrons. The Kier molecular flexibility index (Phi) is 5.48. The van der Waals surface area contributed by atoms with Crippen LogP contribution in [0.5, 0.6) is 11.5 Å². The number of methoxy groups -OCH3 is 1. The molecule has 2 aromatic rings. The summed E-state index contributed by atoms with van der Waals surface area (Å²) in [7, 11) is 1.28. The number of nitrogens with zero attached hydrogens (tertiary/aromatic N) is 2. The van der Waals surface area contributed by atoms with Crippen LogP contribution in [-0.4, -0.2) is 34.1 Å². The van der Waals surface area contributed by atoms with Gasteiger partial charge in [0.05, 0.1) is 23.8 Å². The molecule has 0 spiro atoms. The van der Waals surface area contributed by atoms with Crippen molar-refractivity contribution in [2.75, 3.05) is 12.0 Å². The number of carbonyl (C=O) groups excluding carboxylic acids is 2. The largest absolute Gasteiger partial charge is 0.502 e. The molecule has 29 heavy (non-hydrogen) atoms. The van der Waals surface area contributed by atoms with Gasteiger partial charge in [0, 0.05) is 10.6 Å². The van der Waals surface area contributed by atoms with Crippen molar-refractivity contribution in [3.05, 3.63) is 62.7 Å². The number of phenols is 1. The first-order valence-electron chi connectivity index (χ1n) is 7.95. The number of aromatic hydroxyl groups is 1. The Labute approximate surface area is 174 Å². The van der Waals surface area contributed by atoms with Gasteiger partial charge in [0.2, 0.25) is 5.75 Å². The molecule has 2 aromatic carbocycles. The average Bonchev–Trinajstić information content (AvgIpc) is 2.67. The van der Waals surface area contributed by atoms with E-state index in [1.807, 2.05) is 0 Å². The van der Waals surface area contributed by atoms with Gasteiger partial charge in [-0.15, -0.1) is 0 Å². The van der Waals surface area contributed by atoms with Crippen molar-refractivity contribution in [1.82, 2.24) is 5.32 Å². The Bertz CT molecular complexity index is 1080. The summed E-state index contributed by atoms with van der Waals surface area (Å²) in [4.78, 5) is 36.7. The number of nitro benzene ring substituents is 1. The standard InChI is InChI=1S/C18H12ClN3O6S/c1-28-12-6-9(15(23)14(8-12)22(26)27)7-13-16(24)20-18(29)21(17(13)25)11-4-2-10(19)3-5-11/h2-8,23H,1H3,(H,20,24,29). The smallest absolute Gasteiger partial charge is 0.315 e. The monoisotopic (exact) mass is 433 g/mol. The van der Waals surface area contributed by atoms with Gasteiger partial charge in [-0.2, -0.15) is 0 Å². The molecular formula is C18H12ClN3O6S. The molecule has 3 rings (SSSR count). The molecule has 2 N–H and O–H groups in total. The lowest BCUT2D eigenvalue weighted by atomic mass is 10.0. The summed E-state index contributed by atoms with van der Waals surface area (Å²) in [6.45, 7) is 0. The first-order valence-corrected chi connectivity index (χ1v) is 8.74. The Balaban J connectivity index is 2.11. The van der Waals surface area contributed by atoms with Crippen LogP contribution in [0.2, 0.25) is 5.02 Å². The number of amides is 2. The molecule has 11 heteroatoms. The van der Waals surface area contributed by atoms with Crippen LogP contribution < -0.4 is 15.0 Å². The van der Waals surface area contributed by atoms with Crippen molar-refractivity contribution in [2.45, 2.75) is 0 Å². The van der Waals surface area contributed by atoms with E-state index in [1.54, 1.807) is 12.1 Å². The second-order valence-electron chi connectivity index (χ2n) is 5.78. The third-order valence-corrected chi connectivity index (χ3v) is 4.55. The van der Waals surface area contributed by atoms with E-state index in [0.29, 0.717) is 10.7 Å². The summed E-state index contributed by atoms with van der Waals surface area (Å²) in [5, 5.41) is 24.0. The van der Waals surface area contributed by atoms with Gasteiger partial charge in [0.25, 0.3) is 11.8 Å². The number of nitro groups is 1. The van der Waals surface area contributed by atoms with Gasteiger partial charge >= 0.3 is 5.69 Å². The van der Waals surface area contributed by atoms with Crippen molar-refractivity contribution in [2.24, 2.45) is 0 Å². The van der Waals surface area contributed by atoms with E-state index in [1.165, 1.54) is 25.3 Å². The molecule has 0 unspecified atom stereocenters. The molecule has 2 amide bonds. The quantitative estimate of drug-likeness (QED) is 0.250. The molecule has 0 bridgehead atoms. The van der Waals surface area contributed by atoms with Gasteiger partial charge < -0.3 is 9.84 Å². The highest BCUT2D eigenvalue weighted by Gasteiger charge is 2.35. The maximum absolute atomic E-state index is 13.0. The maximum Gasteiger partial charge on any atom is 0.315 e. The lowest BCUT2D eigenvalue weighted by Gasteiger charge is -2.29. The number of nitrogens with one attached hydrogen (secondary N) is 1. The Morgan fingerprint density at radius 3 is 2.52 bits per heavy atom. The highest BCUT2D eigenvalue weighted by Crippen LogP contribution is 2.36. The second kappa shape index (κ2) is 7.86. The maximum atomic E-state index is 13.0. The summed E-state index contributed by atoms with van der Waals surface area (Å²) in [5.41, 5.74) is -0.800. The molecular weight excluding hydrogens is 422 g/mol. The Morgan fingerprint density at radius 2 is 1.93 bits per heavy atom. The molecule has 1 heterocycles. The van der Waals surface area contributed by atoms with Crippen LogP contribution in [0.4, 0.5) is 11.4 Å². The van der Waals surface area contributed by atoms with Crippen LogP contribution in [0.25, 0.3) is 6.08 Å². The van der Waals surface area contributed by atoms with Crippen molar-refractivity contribution in [3.8, 4) is 11.5 Å². The van der Waals surface area contributed by atoms with Crippen LogP contribution >= 0.6 is 23.8 Å². The number of rotatable bonds is 4. The van der Waals surface area contributed by atoms with E-state index < -0.39 is 28.2 Å². The minimum Gasteiger partial charge on any atom is -0.502 e. The number of ether oxygens (including phenoxy) is 1. The summed E-state index contributed by atoms with van der Waals surface area (Å²) < 4.78 is 4.99. The van der Waals surface area contributed by atoms with E-state index >= 15 is 0 Å². The molecule has 1 aliphatic rings.